The Hall–Kier alpha value is -2.65. The van der Waals surface area contributed by atoms with E-state index in [0.717, 1.165) is 10.0 Å². The normalized spacial score (nSPS) is 11.0. The van der Waals surface area contributed by atoms with Gasteiger partial charge in [0, 0.05) is 10.7 Å². The summed E-state index contributed by atoms with van der Waals surface area (Å²) in [6.07, 6.45) is 3.19. The molecule has 3 rings (SSSR count). The molecule has 0 spiro atoms. The summed E-state index contributed by atoms with van der Waals surface area (Å²) in [5, 5.41) is 18.0. The number of carbonyl (C=O) groups is 1. The van der Waals surface area contributed by atoms with Crippen molar-refractivity contribution in [3.05, 3.63) is 74.4 Å². The third-order valence-electron chi connectivity index (χ3n) is 3.76. The van der Waals surface area contributed by atoms with Crippen LogP contribution >= 0.6 is 31.9 Å². The number of halogens is 2. The van der Waals surface area contributed by atoms with Gasteiger partial charge in [-0.1, -0.05) is 28.1 Å². The molecule has 3 aromatic rings. The Balaban J connectivity index is 1.63. The topological polar surface area (TPSA) is 88.7 Å². The molecule has 0 aliphatic heterocycles. The monoisotopic (exact) mass is 506 g/mol. The van der Waals surface area contributed by atoms with Crippen molar-refractivity contribution >= 4 is 44.0 Å². The number of phenols is 1. The Morgan fingerprint density at radius 2 is 2.14 bits per heavy atom. The lowest BCUT2D eigenvalue weighted by atomic mass is 10.2. The molecule has 0 bridgehead atoms. The molecule has 2 aromatic carbocycles. The molecule has 0 aliphatic carbocycles. The zero-order chi connectivity index (χ0) is 20.1. The number of methoxy groups -OCH3 is 1. The molecule has 0 atom stereocenters. The predicted octanol–water partition coefficient (Wildman–Crippen LogP) is 3.93. The summed E-state index contributed by atoms with van der Waals surface area (Å²) in [5.74, 6) is -0.123. The molecule has 9 heteroatoms. The standard InChI is InChI=1S/C19H16Br2N4O3/c1-28-17-9-13(8-15(21)18(17)26)10-22-23-19(27)16-5-6-25(24-16)11-12-3-2-4-14(20)7-12/h2-10,26H,11H2,1H3,(H,23,27)/b22-10-. The molecule has 1 heterocycles. The lowest BCUT2D eigenvalue weighted by molar-refractivity contribution is 0.0949. The predicted molar refractivity (Wildman–Crippen MR) is 113 cm³/mol. The molecular weight excluding hydrogens is 492 g/mol. The van der Waals surface area contributed by atoms with Gasteiger partial charge in [-0.2, -0.15) is 10.2 Å². The molecule has 2 N–H and O–H groups in total. The third kappa shape index (κ3) is 4.99. The average Bonchev–Trinajstić information content (AvgIpc) is 3.13. The number of nitrogens with zero attached hydrogens (tertiary/aromatic N) is 3. The van der Waals surface area contributed by atoms with Crippen LogP contribution < -0.4 is 10.2 Å². The molecule has 1 aromatic heterocycles. The first-order valence-corrected chi connectivity index (χ1v) is 9.72. The number of amides is 1. The van der Waals surface area contributed by atoms with Gasteiger partial charge in [-0.3, -0.25) is 9.48 Å². The Labute approximate surface area is 178 Å². The molecular formula is C19H16Br2N4O3. The van der Waals surface area contributed by atoms with Crippen molar-refractivity contribution < 1.29 is 14.6 Å². The van der Waals surface area contributed by atoms with E-state index in [9.17, 15) is 9.90 Å². The van der Waals surface area contributed by atoms with E-state index in [1.165, 1.54) is 13.3 Å². The van der Waals surface area contributed by atoms with Crippen molar-refractivity contribution in [2.24, 2.45) is 5.10 Å². The average molecular weight is 508 g/mol. The first-order valence-electron chi connectivity index (χ1n) is 8.14. The first kappa shape index (κ1) is 20.1. The molecule has 0 aliphatic rings. The maximum absolute atomic E-state index is 12.2. The second-order valence-electron chi connectivity index (χ2n) is 5.78. The van der Waals surface area contributed by atoms with Crippen molar-refractivity contribution in [2.45, 2.75) is 6.54 Å². The van der Waals surface area contributed by atoms with Gasteiger partial charge < -0.3 is 9.84 Å². The van der Waals surface area contributed by atoms with Crippen LogP contribution in [0, 0.1) is 0 Å². The van der Waals surface area contributed by atoms with E-state index in [2.05, 4.69) is 47.5 Å². The Bertz CT molecular complexity index is 1030. The van der Waals surface area contributed by atoms with Crippen molar-refractivity contribution in [1.82, 2.24) is 15.2 Å². The lowest BCUT2D eigenvalue weighted by Gasteiger charge is -2.06. The smallest absolute Gasteiger partial charge is 0.291 e. The number of rotatable bonds is 6. The van der Waals surface area contributed by atoms with E-state index in [1.54, 1.807) is 29.1 Å². The number of benzene rings is 2. The summed E-state index contributed by atoms with van der Waals surface area (Å²) < 4.78 is 8.21. The van der Waals surface area contributed by atoms with E-state index in [0.29, 0.717) is 22.3 Å². The second kappa shape index (κ2) is 9.03. The molecule has 144 valence electrons. The molecule has 7 nitrogen and oxygen atoms in total. The van der Waals surface area contributed by atoms with Gasteiger partial charge in [-0.15, -0.1) is 0 Å². The number of phenolic OH excluding ortho intramolecular Hbond substituents is 1. The van der Waals surface area contributed by atoms with Gasteiger partial charge in [-0.05, 0) is 57.4 Å². The minimum absolute atomic E-state index is 0.000305. The van der Waals surface area contributed by atoms with Crippen molar-refractivity contribution in [3.8, 4) is 11.5 Å². The van der Waals surface area contributed by atoms with E-state index in [4.69, 9.17) is 4.74 Å². The number of aromatic hydroxyl groups is 1. The highest BCUT2D eigenvalue weighted by Crippen LogP contribution is 2.34. The zero-order valence-electron chi connectivity index (χ0n) is 14.8. The summed E-state index contributed by atoms with van der Waals surface area (Å²) in [6.45, 7) is 0.553. The fourth-order valence-electron chi connectivity index (χ4n) is 2.44. The summed E-state index contributed by atoms with van der Waals surface area (Å²) in [7, 11) is 1.45. The molecule has 0 radical (unpaired) electrons. The number of hydrazone groups is 1. The van der Waals surface area contributed by atoms with Crippen molar-refractivity contribution in [1.29, 1.82) is 0 Å². The Morgan fingerprint density at radius 1 is 1.32 bits per heavy atom. The van der Waals surface area contributed by atoms with Crippen LogP contribution in [0.4, 0.5) is 0 Å². The minimum Gasteiger partial charge on any atom is -0.503 e. The Morgan fingerprint density at radius 3 is 2.89 bits per heavy atom. The van der Waals surface area contributed by atoms with Gasteiger partial charge in [0.1, 0.15) is 0 Å². The number of aromatic nitrogens is 2. The molecule has 0 unspecified atom stereocenters. The van der Waals surface area contributed by atoms with Gasteiger partial charge in [0.25, 0.3) is 5.91 Å². The SMILES string of the molecule is COc1cc(/C=N\NC(=O)c2ccn(Cc3cccc(Br)c3)n2)cc(Br)c1O. The van der Waals surface area contributed by atoms with Gasteiger partial charge in [0.15, 0.2) is 17.2 Å². The van der Waals surface area contributed by atoms with Gasteiger partial charge >= 0.3 is 0 Å². The molecule has 0 fully saturated rings. The number of ether oxygens (including phenoxy) is 1. The fraction of sp³-hybridized carbons (Fsp3) is 0.105. The highest BCUT2D eigenvalue weighted by molar-refractivity contribution is 9.10. The Kier molecular flexibility index (Phi) is 6.48. The number of hydrogen-bond acceptors (Lipinski definition) is 5. The van der Waals surface area contributed by atoms with E-state index in [-0.39, 0.29) is 11.4 Å². The lowest BCUT2D eigenvalue weighted by Crippen LogP contribution is -2.18. The van der Waals surface area contributed by atoms with Crippen LogP contribution in [0.1, 0.15) is 21.6 Å². The maximum atomic E-state index is 12.2. The van der Waals surface area contributed by atoms with Crippen LogP contribution in [-0.2, 0) is 6.54 Å². The highest BCUT2D eigenvalue weighted by atomic mass is 79.9. The van der Waals surface area contributed by atoms with E-state index < -0.39 is 5.91 Å². The summed E-state index contributed by atoms with van der Waals surface area (Å²) in [5.41, 5.74) is 4.40. The van der Waals surface area contributed by atoms with Crippen LogP contribution in [0.2, 0.25) is 0 Å². The number of nitrogens with one attached hydrogen (secondary N) is 1. The number of carbonyl (C=O) groups excluding carboxylic acids is 1. The van der Waals surface area contributed by atoms with Crippen LogP contribution in [0.25, 0.3) is 0 Å². The first-order chi connectivity index (χ1) is 13.5. The van der Waals surface area contributed by atoms with Crippen LogP contribution in [0.5, 0.6) is 11.5 Å². The van der Waals surface area contributed by atoms with E-state index >= 15 is 0 Å². The summed E-state index contributed by atoms with van der Waals surface area (Å²) in [4.78, 5) is 12.2. The maximum Gasteiger partial charge on any atom is 0.291 e. The van der Waals surface area contributed by atoms with E-state index in [1.807, 2.05) is 24.3 Å². The van der Waals surface area contributed by atoms with Crippen LogP contribution in [0.3, 0.4) is 0 Å². The molecule has 28 heavy (non-hydrogen) atoms. The second-order valence-corrected chi connectivity index (χ2v) is 7.55. The third-order valence-corrected chi connectivity index (χ3v) is 4.86. The molecule has 0 saturated carbocycles. The van der Waals surface area contributed by atoms with Gasteiger partial charge in [0.2, 0.25) is 0 Å². The van der Waals surface area contributed by atoms with Gasteiger partial charge in [0.05, 0.1) is 24.3 Å². The summed E-state index contributed by atoms with van der Waals surface area (Å²) >= 11 is 6.67. The van der Waals surface area contributed by atoms with Crippen LogP contribution in [0.15, 0.2) is 62.7 Å². The van der Waals surface area contributed by atoms with Crippen molar-refractivity contribution in [2.75, 3.05) is 7.11 Å². The summed E-state index contributed by atoms with van der Waals surface area (Å²) in [6, 6.07) is 12.8. The highest BCUT2D eigenvalue weighted by Gasteiger charge is 2.10. The minimum atomic E-state index is -0.422. The molecule has 1 amide bonds. The fourth-order valence-corrected chi connectivity index (χ4v) is 3.35. The number of hydrogen-bond donors (Lipinski definition) is 2. The van der Waals surface area contributed by atoms with Crippen LogP contribution in [-0.4, -0.2) is 34.1 Å². The zero-order valence-corrected chi connectivity index (χ0v) is 17.9. The quantitative estimate of drug-likeness (QED) is 0.390. The molecule has 0 saturated heterocycles. The van der Waals surface area contributed by atoms with Gasteiger partial charge in [-0.25, -0.2) is 5.43 Å². The largest absolute Gasteiger partial charge is 0.503 e. The van der Waals surface area contributed by atoms with Crippen molar-refractivity contribution in [3.63, 3.8) is 0 Å².